The molecule has 1 saturated heterocycles. The third-order valence-electron chi connectivity index (χ3n) is 2.76. The van der Waals surface area contributed by atoms with E-state index in [0.29, 0.717) is 19.7 Å². The van der Waals surface area contributed by atoms with Gasteiger partial charge in [-0.2, -0.15) is 0 Å². The molecule has 0 aromatic heterocycles. The summed E-state index contributed by atoms with van der Waals surface area (Å²) in [7, 11) is 0. The highest BCUT2D eigenvalue weighted by atomic mass is 16.6. The molecule has 0 radical (unpaired) electrons. The fraction of sp³-hybridized carbons (Fsp3) is 0.417. The van der Waals surface area contributed by atoms with E-state index in [9.17, 15) is 4.79 Å². The van der Waals surface area contributed by atoms with Gasteiger partial charge >= 0.3 is 6.09 Å². The van der Waals surface area contributed by atoms with Crippen LogP contribution in [0.5, 0.6) is 0 Å². The van der Waals surface area contributed by atoms with Gasteiger partial charge in [-0.1, -0.05) is 24.3 Å². The second-order valence-electron chi connectivity index (χ2n) is 3.86. The summed E-state index contributed by atoms with van der Waals surface area (Å²) < 4.78 is 4.99. The number of nitrogens with zero attached hydrogens (tertiary/aromatic N) is 1. The average Bonchev–Trinajstić information content (AvgIpc) is 2.33. The van der Waals surface area contributed by atoms with Crippen LogP contribution in [0.3, 0.4) is 0 Å². The van der Waals surface area contributed by atoms with E-state index in [1.807, 2.05) is 24.3 Å². The van der Waals surface area contributed by atoms with Gasteiger partial charge in [-0.15, -0.1) is 0 Å². The summed E-state index contributed by atoms with van der Waals surface area (Å²) >= 11 is 0. The standard InChI is InChI=1S/C12H16N2O2/c13-8-10-4-1-2-5-11(10)9-14-6-3-7-16-12(14)15/h1-2,4-5H,3,6-9,13H2. The second-order valence-corrected chi connectivity index (χ2v) is 3.86. The molecule has 4 nitrogen and oxygen atoms in total. The maximum absolute atomic E-state index is 11.5. The Morgan fingerprint density at radius 3 is 2.75 bits per heavy atom. The summed E-state index contributed by atoms with van der Waals surface area (Å²) in [6.45, 7) is 2.39. The first-order valence-corrected chi connectivity index (χ1v) is 5.50. The predicted molar refractivity (Wildman–Crippen MR) is 60.7 cm³/mol. The van der Waals surface area contributed by atoms with E-state index >= 15 is 0 Å². The van der Waals surface area contributed by atoms with Crippen LogP contribution < -0.4 is 5.73 Å². The van der Waals surface area contributed by atoms with Crippen LogP contribution in [-0.2, 0) is 17.8 Å². The number of nitrogens with two attached hydrogens (primary N) is 1. The molecule has 1 heterocycles. The van der Waals surface area contributed by atoms with Crippen LogP contribution >= 0.6 is 0 Å². The van der Waals surface area contributed by atoms with Crippen molar-refractivity contribution >= 4 is 6.09 Å². The molecular formula is C12H16N2O2. The summed E-state index contributed by atoms with van der Waals surface area (Å²) in [5, 5.41) is 0. The molecule has 1 aliphatic rings. The molecule has 0 atom stereocenters. The van der Waals surface area contributed by atoms with Gasteiger partial charge in [-0.3, -0.25) is 0 Å². The maximum Gasteiger partial charge on any atom is 0.410 e. The molecule has 86 valence electrons. The fourth-order valence-electron chi connectivity index (χ4n) is 1.86. The Morgan fingerprint density at radius 2 is 2.06 bits per heavy atom. The van der Waals surface area contributed by atoms with Gasteiger partial charge in [0.15, 0.2) is 0 Å². The van der Waals surface area contributed by atoms with Gasteiger partial charge in [0.2, 0.25) is 0 Å². The number of cyclic esters (lactones) is 1. The van der Waals surface area contributed by atoms with E-state index in [1.54, 1.807) is 4.90 Å². The van der Waals surface area contributed by atoms with Crippen LogP contribution in [0.1, 0.15) is 17.5 Å². The van der Waals surface area contributed by atoms with Crippen molar-refractivity contribution < 1.29 is 9.53 Å². The third kappa shape index (κ3) is 2.33. The quantitative estimate of drug-likeness (QED) is 0.839. The lowest BCUT2D eigenvalue weighted by molar-refractivity contribution is 0.0699. The van der Waals surface area contributed by atoms with Crippen molar-refractivity contribution in [2.75, 3.05) is 13.2 Å². The lowest BCUT2D eigenvalue weighted by atomic mass is 10.1. The van der Waals surface area contributed by atoms with E-state index in [2.05, 4.69) is 0 Å². The summed E-state index contributed by atoms with van der Waals surface area (Å²) in [6.07, 6.45) is 0.675. The van der Waals surface area contributed by atoms with E-state index in [0.717, 1.165) is 24.1 Å². The number of rotatable bonds is 3. The Kier molecular flexibility index (Phi) is 3.41. The van der Waals surface area contributed by atoms with Gasteiger partial charge in [0.25, 0.3) is 0 Å². The molecule has 4 heteroatoms. The van der Waals surface area contributed by atoms with Crippen molar-refractivity contribution in [1.82, 2.24) is 4.90 Å². The molecule has 1 aromatic carbocycles. The first kappa shape index (κ1) is 11.0. The summed E-state index contributed by atoms with van der Waals surface area (Å²) in [5.74, 6) is 0. The molecule has 1 aromatic rings. The minimum atomic E-state index is -0.224. The number of amides is 1. The summed E-state index contributed by atoms with van der Waals surface area (Å²) in [4.78, 5) is 13.2. The Morgan fingerprint density at radius 1 is 1.31 bits per heavy atom. The van der Waals surface area contributed by atoms with Gasteiger partial charge in [-0.25, -0.2) is 4.79 Å². The van der Waals surface area contributed by atoms with Gasteiger partial charge in [0.1, 0.15) is 0 Å². The van der Waals surface area contributed by atoms with E-state index in [4.69, 9.17) is 10.5 Å². The van der Waals surface area contributed by atoms with E-state index in [-0.39, 0.29) is 6.09 Å². The third-order valence-corrected chi connectivity index (χ3v) is 2.76. The molecule has 2 N–H and O–H groups in total. The topological polar surface area (TPSA) is 55.6 Å². The highest BCUT2D eigenvalue weighted by Gasteiger charge is 2.20. The number of benzene rings is 1. The van der Waals surface area contributed by atoms with Gasteiger partial charge < -0.3 is 15.4 Å². The minimum Gasteiger partial charge on any atom is -0.449 e. The molecule has 0 aliphatic carbocycles. The van der Waals surface area contributed by atoms with Crippen molar-refractivity contribution in [1.29, 1.82) is 0 Å². The Balaban J connectivity index is 2.10. The van der Waals surface area contributed by atoms with Crippen LogP contribution in [0.25, 0.3) is 0 Å². The molecule has 0 saturated carbocycles. The van der Waals surface area contributed by atoms with Crippen LogP contribution in [0.15, 0.2) is 24.3 Å². The summed E-state index contributed by atoms with van der Waals surface area (Å²) in [6, 6.07) is 7.92. The van der Waals surface area contributed by atoms with Crippen LogP contribution in [0.2, 0.25) is 0 Å². The number of carbonyl (C=O) groups is 1. The minimum absolute atomic E-state index is 0.224. The first-order valence-electron chi connectivity index (χ1n) is 5.50. The fourth-order valence-corrected chi connectivity index (χ4v) is 1.86. The second kappa shape index (κ2) is 4.99. The Hall–Kier alpha value is -1.55. The van der Waals surface area contributed by atoms with E-state index in [1.165, 1.54) is 0 Å². The van der Waals surface area contributed by atoms with Crippen LogP contribution in [0.4, 0.5) is 4.79 Å². The van der Waals surface area contributed by atoms with Crippen LogP contribution in [0, 0.1) is 0 Å². The Bertz CT molecular complexity index is 379. The lowest BCUT2D eigenvalue weighted by Gasteiger charge is -2.27. The zero-order valence-electron chi connectivity index (χ0n) is 9.19. The normalized spacial score (nSPS) is 16.1. The molecule has 1 aliphatic heterocycles. The lowest BCUT2D eigenvalue weighted by Crippen LogP contribution is -2.37. The molecule has 1 amide bonds. The number of ether oxygens (including phenoxy) is 1. The molecule has 0 spiro atoms. The van der Waals surface area contributed by atoms with Gasteiger partial charge in [0, 0.05) is 19.6 Å². The predicted octanol–water partition coefficient (Wildman–Crippen LogP) is 1.49. The van der Waals surface area contributed by atoms with Crippen LogP contribution in [-0.4, -0.2) is 24.1 Å². The zero-order chi connectivity index (χ0) is 11.4. The number of carbonyl (C=O) groups excluding carboxylic acids is 1. The molecule has 0 unspecified atom stereocenters. The zero-order valence-corrected chi connectivity index (χ0v) is 9.19. The molecule has 2 rings (SSSR count). The Labute approximate surface area is 95.0 Å². The van der Waals surface area contributed by atoms with Crippen molar-refractivity contribution in [3.8, 4) is 0 Å². The molecular weight excluding hydrogens is 204 g/mol. The van der Waals surface area contributed by atoms with Gasteiger partial charge in [-0.05, 0) is 17.5 Å². The first-order chi connectivity index (χ1) is 7.81. The number of hydrogen-bond donors (Lipinski definition) is 1. The summed E-state index contributed by atoms with van der Waals surface area (Å²) in [5.41, 5.74) is 7.84. The van der Waals surface area contributed by atoms with Crippen molar-refractivity contribution in [3.63, 3.8) is 0 Å². The highest BCUT2D eigenvalue weighted by molar-refractivity contribution is 5.68. The SMILES string of the molecule is NCc1ccccc1CN1CCCOC1=O. The maximum atomic E-state index is 11.5. The monoisotopic (exact) mass is 220 g/mol. The number of hydrogen-bond acceptors (Lipinski definition) is 3. The van der Waals surface area contributed by atoms with Crippen molar-refractivity contribution in [3.05, 3.63) is 35.4 Å². The van der Waals surface area contributed by atoms with Crippen molar-refractivity contribution in [2.24, 2.45) is 5.73 Å². The smallest absolute Gasteiger partial charge is 0.410 e. The largest absolute Gasteiger partial charge is 0.449 e. The molecule has 1 fully saturated rings. The van der Waals surface area contributed by atoms with E-state index < -0.39 is 0 Å². The highest BCUT2D eigenvalue weighted by Crippen LogP contribution is 2.14. The molecule has 16 heavy (non-hydrogen) atoms. The van der Waals surface area contributed by atoms with Gasteiger partial charge in [0.05, 0.1) is 6.61 Å². The average molecular weight is 220 g/mol. The molecule has 0 bridgehead atoms. The van der Waals surface area contributed by atoms with Crippen molar-refractivity contribution in [2.45, 2.75) is 19.5 Å².